The Balaban J connectivity index is 2.13. The molecule has 2 rings (SSSR count). The number of hydrogen-bond acceptors (Lipinski definition) is 3. The average Bonchev–Trinajstić information content (AvgIpc) is 2.61. The Bertz CT molecular complexity index is 700. The second-order valence-electron chi connectivity index (χ2n) is 6.71. The number of pyridine rings is 1. The highest BCUT2D eigenvalue weighted by Gasteiger charge is 2.26. The third kappa shape index (κ3) is 4.89. The molecule has 25 heavy (non-hydrogen) atoms. The standard InChI is InChI=1S/C21H29N3O/c1-6-9-20(19-10-7-8-13-22-19)24(5)17(4)21(25)23-18-12-11-15(2)14-16(18)3/h7-8,10-14,17,20H,6,9H2,1-5H3,(H,23,25)/t17-,20-/m0/s1. The summed E-state index contributed by atoms with van der Waals surface area (Å²) in [5.41, 5.74) is 4.16. The zero-order valence-electron chi connectivity index (χ0n) is 15.9. The zero-order chi connectivity index (χ0) is 18.4. The molecule has 0 aliphatic carbocycles. The summed E-state index contributed by atoms with van der Waals surface area (Å²) >= 11 is 0. The van der Waals surface area contributed by atoms with Crippen molar-refractivity contribution in [3.8, 4) is 0 Å². The van der Waals surface area contributed by atoms with Crippen molar-refractivity contribution in [2.75, 3.05) is 12.4 Å². The lowest BCUT2D eigenvalue weighted by atomic mass is 10.0. The lowest BCUT2D eigenvalue weighted by Crippen LogP contribution is -2.42. The number of benzene rings is 1. The molecule has 1 aromatic carbocycles. The average molecular weight is 339 g/mol. The van der Waals surface area contributed by atoms with Crippen LogP contribution in [0.5, 0.6) is 0 Å². The number of nitrogens with zero attached hydrogens (tertiary/aromatic N) is 2. The first kappa shape index (κ1) is 19.1. The molecule has 0 spiro atoms. The predicted molar refractivity (Wildman–Crippen MR) is 104 cm³/mol. The molecule has 0 unspecified atom stereocenters. The molecular weight excluding hydrogens is 310 g/mol. The van der Waals surface area contributed by atoms with Gasteiger partial charge in [0.2, 0.25) is 5.91 Å². The van der Waals surface area contributed by atoms with Gasteiger partial charge in [-0.15, -0.1) is 0 Å². The Morgan fingerprint density at radius 1 is 1.24 bits per heavy atom. The molecule has 0 fully saturated rings. The normalized spacial score (nSPS) is 13.5. The highest BCUT2D eigenvalue weighted by molar-refractivity contribution is 5.95. The molecule has 0 aliphatic heterocycles. The molecule has 0 aliphatic rings. The fourth-order valence-electron chi connectivity index (χ4n) is 3.05. The molecule has 1 amide bonds. The number of hydrogen-bond donors (Lipinski definition) is 1. The van der Waals surface area contributed by atoms with Crippen molar-refractivity contribution in [1.29, 1.82) is 0 Å². The van der Waals surface area contributed by atoms with Gasteiger partial charge in [0.1, 0.15) is 0 Å². The Morgan fingerprint density at radius 3 is 2.60 bits per heavy atom. The summed E-state index contributed by atoms with van der Waals surface area (Å²) in [4.78, 5) is 19.4. The maximum absolute atomic E-state index is 12.8. The van der Waals surface area contributed by atoms with Crippen molar-refractivity contribution in [1.82, 2.24) is 9.88 Å². The summed E-state index contributed by atoms with van der Waals surface area (Å²) in [5.74, 6) is 0.00601. The number of aryl methyl sites for hydroxylation is 2. The van der Waals surface area contributed by atoms with E-state index in [2.05, 4.69) is 35.1 Å². The number of carbonyl (C=O) groups excluding carboxylic acids is 1. The number of aromatic nitrogens is 1. The molecule has 1 N–H and O–H groups in total. The monoisotopic (exact) mass is 339 g/mol. The molecule has 4 nitrogen and oxygen atoms in total. The minimum atomic E-state index is -0.251. The van der Waals surface area contributed by atoms with Gasteiger partial charge in [-0.05, 0) is 58.0 Å². The van der Waals surface area contributed by atoms with Crippen LogP contribution in [0.15, 0.2) is 42.6 Å². The van der Waals surface area contributed by atoms with Crippen LogP contribution < -0.4 is 5.32 Å². The van der Waals surface area contributed by atoms with Crippen molar-refractivity contribution >= 4 is 11.6 Å². The van der Waals surface area contributed by atoms with Gasteiger partial charge in [-0.3, -0.25) is 14.7 Å². The second-order valence-corrected chi connectivity index (χ2v) is 6.71. The van der Waals surface area contributed by atoms with Gasteiger partial charge >= 0.3 is 0 Å². The number of carbonyl (C=O) groups is 1. The lowest BCUT2D eigenvalue weighted by Gasteiger charge is -2.32. The number of nitrogens with one attached hydrogen (secondary N) is 1. The van der Waals surface area contributed by atoms with Gasteiger partial charge in [0.15, 0.2) is 0 Å². The summed E-state index contributed by atoms with van der Waals surface area (Å²) < 4.78 is 0. The molecule has 0 saturated heterocycles. The molecule has 2 aromatic rings. The molecule has 1 aromatic heterocycles. The zero-order valence-corrected chi connectivity index (χ0v) is 15.9. The van der Waals surface area contributed by atoms with E-state index in [-0.39, 0.29) is 18.0 Å². The number of anilines is 1. The Hall–Kier alpha value is -2.20. The van der Waals surface area contributed by atoms with Gasteiger partial charge in [-0.25, -0.2) is 0 Å². The fourth-order valence-corrected chi connectivity index (χ4v) is 3.05. The van der Waals surface area contributed by atoms with Gasteiger partial charge in [0.05, 0.1) is 17.8 Å². The SMILES string of the molecule is CCC[C@@H](c1ccccn1)N(C)[C@@H](C)C(=O)Nc1ccc(C)cc1C. The van der Waals surface area contributed by atoms with E-state index < -0.39 is 0 Å². The largest absolute Gasteiger partial charge is 0.324 e. The minimum Gasteiger partial charge on any atom is -0.324 e. The summed E-state index contributed by atoms with van der Waals surface area (Å²) in [6, 6.07) is 11.9. The first-order chi connectivity index (χ1) is 11.9. The summed E-state index contributed by atoms with van der Waals surface area (Å²) in [6.07, 6.45) is 3.82. The number of rotatable bonds is 7. The predicted octanol–water partition coefficient (Wildman–Crippen LogP) is 4.50. The first-order valence-electron chi connectivity index (χ1n) is 8.95. The topological polar surface area (TPSA) is 45.2 Å². The van der Waals surface area contributed by atoms with E-state index in [1.54, 1.807) is 0 Å². The smallest absolute Gasteiger partial charge is 0.241 e. The van der Waals surface area contributed by atoms with Crippen molar-refractivity contribution < 1.29 is 4.79 Å². The molecule has 1 heterocycles. The third-order valence-corrected chi connectivity index (χ3v) is 4.71. The third-order valence-electron chi connectivity index (χ3n) is 4.71. The maximum atomic E-state index is 12.8. The van der Waals surface area contributed by atoms with Gasteiger partial charge in [0, 0.05) is 11.9 Å². The van der Waals surface area contributed by atoms with Crippen molar-refractivity contribution in [3.05, 3.63) is 59.4 Å². The minimum absolute atomic E-state index is 0.00601. The summed E-state index contributed by atoms with van der Waals surface area (Å²) in [5, 5.41) is 3.07. The number of likely N-dealkylation sites (N-methyl/N-ethyl adjacent to an activating group) is 1. The maximum Gasteiger partial charge on any atom is 0.241 e. The van der Waals surface area contributed by atoms with Crippen molar-refractivity contribution in [2.24, 2.45) is 0 Å². The van der Waals surface area contributed by atoms with Crippen LogP contribution in [0.4, 0.5) is 5.69 Å². The van der Waals surface area contributed by atoms with E-state index >= 15 is 0 Å². The van der Waals surface area contributed by atoms with E-state index in [0.717, 1.165) is 29.8 Å². The van der Waals surface area contributed by atoms with Crippen molar-refractivity contribution in [2.45, 2.75) is 52.6 Å². The van der Waals surface area contributed by atoms with Crippen LogP contribution in [0.25, 0.3) is 0 Å². The fraction of sp³-hybridized carbons (Fsp3) is 0.429. The van der Waals surface area contributed by atoms with Crippen LogP contribution in [0.3, 0.4) is 0 Å². The van der Waals surface area contributed by atoms with Crippen LogP contribution in [0, 0.1) is 13.8 Å². The van der Waals surface area contributed by atoms with E-state index in [0.29, 0.717) is 0 Å². The van der Waals surface area contributed by atoms with Gasteiger partial charge in [-0.1, -0.05) is 37.1 Å². The Morgan fingerprint density at radius 2 is 2.00 bits per heavy atom. The van der Waals surface area contributed by atoms with Gasteiger partial charge < -0.3 is 5.32 Å². The van der Waals surface area contributed by atoms with Crippen LogP contribution in [-0.4, -0.2) is 28.9 Å². The van der Waals surface area contributed by atoms with Gasteiger partial charge in [-0.2, -0.15) is 0 Å². The molecule has 0 saturated carbocycles. The molecule has 4 heteroatoms. The van der Waals surface area contributed by atoms with Crippen LogP contribution >= 0.6 is 0 Å². The Labute approximate surface area is 151 Å². The highest BCUT2D eigenvalue weighted by Crippen LogP contribution is 2.25. The highest BCUT2D eigenvalue weighted by atomic mass is 16.2. The molecule has 134 valence electrons. The summed E-state index contributed by atoms with van der Waals surface area (Å²) in [6.45, 7) is 8.18. The van der Waals surface area contributed by atoms with E-state index in [1.165, 1.54) is 5.56 Å². The lowest BCUT2D eigenvalue weighted by molar-refractivity contribution is -0.121. The van der Waals surface area contributed by atoms with Crippen LogP contribution in [-0.2, 0) is 4.79 Å². The Kier molecular flexibility index (Phi) is 6.71. The molecule has 0 radical (unpaired) electrons. The van der Waals surface area contributed by atoms with E-state index in [4.69, 9.17) is 0 Å². The van der Waals surface area contributed by atoms with Gasteiger partial charge in [0.25, 0.3) is 0 Å². The van der Waals surface area contributed by atoms with Crippen LogP contribution in [0.1, 0.15) is 49.6 Å². The molecule has 2 atom stereocenters. The van der Waals surface area contributed by atoms with Crippen LogP contribution in [0.2, 0.25) is 0 Å². The number of amides is 1. The molecular formula is C21H29N3O. The van der Waals surface area contributed by atoms with E-state index in [1.807, 2.05) is 57.4 Å². The summed E-state index contributed by atoms with van der Waals surface area (Å²) in [7, 11) is 2.00. The molecule has 0 bridgehead atoms. The first-order valence-corrected chi connectivity index (χ1v) is 8.95. The quantitative estimate of drug-likeness (QED) is 0.808. The second kappa shape index (κ2) is 8.77. The van der Waals surface area contributed by atoms with Crippen molar-refractivity contribution in [3.63, 3.8) is 0 Å². The van der Waals surface area contributed by atoms with E-state index in [9.17, 15) is 4.79 Å².